The van der Waals surface area contributed by atoms with Gasteiger partial charge in [-0.05, 0) is 66.3 Å². The van der Waals surface area contributed by atoms with Crippen molar-refractivity contribution in [3.05, 3.63) is 64.7 Å². The molecule has 0 bridgehead atoms. The predicted octanol–water partition coefficient (Wildman–Crippen LogP) is 5.63. The lowest BCUT2D eigenvalue weighted by Crippen LogP contribution is -2.28. The Morgan fingerprint density at radius 2 is 1.72 bits per heavy atom. The van der Waals surface area contributed by atoms with Gasteiger partial charge in [-0.1, -0.05) is 39.0 Å². The van der Waals surface area contributed by atoms with Crippen LogP contribution in [0.15, 0.2) is 48.0 Å². The lowest BCUT2D eigenvalue weighted by atomic mass is 9.87. The van der Waals surface area contributed by atoms with E-state index < -0.39 is 0 Å². The second kappa shape index (κ2) is 9.80. The van der Waals surface area contributed by atoms with Gasteiger partial charge in [-0.3, -0.25) is 0 Å². The van der Waals surface area contributed by atoms with Crippen LogP contribution in [0.25, 0.3) is 6.08 Å². The van der Waals surface area contributed by atoms with Crippen molar-refractivity contribution in [3.63, 3.8) is 0 Å². The third kappa shape index (κ3) is 6.13. The molecular weight excluding hydrogens is 358 g/mol. The van der Waals surface area contributed by atoms with E-state index in [1.54, 1.807) is 6.08 Å². The molecule has 2 rings (SSSR count). The molecule has 0 heterocycles. The standard InChI is InChI=1S/C25H29N3O/c1-6-28(13-14-29-24-11-8-22(9-12-24)25(3,4)5)23-10-7-21(19(2)15-23)16-20(17-26)18-27/h7-12,15-16H,6,13-14H2,1-5H3. The van der Waals surface area contributed by atoms with Crippen LogP contribution in [0, 0.1) is 29.6 Å². The zero-order chi connectivity index (χ0) is 21.4. The molecule has 4 nitrogen and oxygen atoms in total. The average Bonchev–Trinajstić information content (AvgIpc) is 2.70. The quantitative estimate of drug-likeness (QED) is 0.578. The van der Waals surface area contributed by atoms with Crippen LogP contribution >= 0.6 is 0 Å². The normalized spacial score (nSPS) is 10.6. The Morgan fingerprint density at radius 1 is 1.07 bits per heavy atom. The number of aryl methyl sites for hydroxylation is 1. The van der Waals surface area contributed by atoms with E-state index in [2.05, 4.69) is 50.8 Å². The van der Waals surface area contributed by atoms with Gasteiger partial charge < -0.3 is 9.64 Å². The zero-order valence-corrected chi connectivity index (χ0v) is 18.0. The molecule has 0 aliphatic rings. The highest BCUT2D eigenvalue weighted by atomic mass is 16.5. The molecule has 2 aromatic carbocycles. The Kier molecular flexibility index (Phi) is 7.46. The number of hydrogen-bond donors (Lipinski definition) is 0. The van der Waals surface area contributed by atoms with Gasteiger partial charge in [0, 0.05) is 12.2 Å². The van der Waals surface area contributed by atoms with Crippen molar-refractivity contribution in [1.29, 1.82) is 10.5 Å². The Bertz CT molecular complexity index is 922. The van der Waals surface area contributed by atoms with Crippen LogP contribution in [-0.4, -0.2) is 19.7 Å². The Morgan fingerprint density at radius 3 is 2.24 bits per heavy atom. The van der Waals surface area contributed by atoms with Gasteiger partial charge in [0.2, 0.25) is 0 Å². The zero-order valence-electron chi connectivity index (χ0n) is 18.0. The smallest absolute Gasteiger partial charge is 0.130 e. The van der Waals surface area contributed by atoms with Crippen molar-refractivity contribution < 1.29 is 4.74 Å². The van der Waals surface area contributed by atoms with Crippen molar-refractivity contribution >= 4 is 11.8 Å². The molecule has 0 radical (unpaired) electrons. The van der Waals surface area contributed by atoms with Crippen LogP contribution in [-0.2, 0) is 5.41 Å². The predicted molar refractivity (Wildman–Crippen MR) is 119 cm³/mol. The first-order chi connectivity index (χ1) is 13.8. The summed E-state index contributed by atoms with van der Waals surface area (Å²) < 4.78 is 5.94. The van der Waals surface area contributed by atoms with Crippen molar-refractivity contribution in [3.8, 4) is 17.9 Å². The van der Waals surface area contributed by atoms with E-state index in [4.69, 9.17) is 15.3 Å². The number of anilines is 1. The maximum atomic E-state index is 8.94. The maximum absolute atomic E-state index is 8.94. The van der Waals surface area contributed by atoms with E-state index in [1.165, 1.54) is 5.56 Å². The maximum Gasteiger partial charge on any atom is 0.130 e. The van der Waals surface area contributed by atoms with Gasteiger partial charge in [-0.2, -0.15) is 10.5 Å². The molecule has 0 fully saturated rings. The van der Waals surface area contributed by atoms with E-state index in [0.717, 1.165) is 35.7 Å². The number of benzene rings is 2. The van der Waals surface area contributed by atoms with Crippen LogP contribution in [0.5, 0.6) is 5.75 Å². The second-order valence-electron chi connectivity index (χ2n) is 8.03. The SMILES string of the molecule is CCN(CCOc1ccc(C(C)(C)C)cc1)c1ccc(C=C(C#N)C#N)c(C)c1. The molecular formula is C25H29N3O. The molecule has 0 spiro atoms. The molecule has 4 heteroatoms. The van der Waals surface area contributed by atoms with Crippen LogP contribution < -0.4 is 9.64 Å². The minimum absolute atomic E-state index is 0.110. The molecule has 0 aliphatic carbocycles. The third-order valence-electron chi connectivity index (χ3n) is 4.89. The van der Waals surface area contributed by atoms with Gasteiger partial charge >= 0.3 is 0 Å². The molecule has 0 amide bonds. The minimum atomic E-state index is 0.110. The summed E-state index contributed by atoms with van der Waals surface area (Å²) in [5.74, 6) is 0.881. The molecule has 0 aliphatic heterocycles. The average molecular weight is 388 g/mol. The first kappa shape index (κ1) is 22.1. The lowest BCUT2D eigenvalue weighted by Gasteiger charge is -2.24. The molecule has 0 aromatic heterocycles. The molecule has 0 unspecified atom stereocenters. The van der Waals surface area contributed by atoms with Crippen LogP contribution in [0.2, 0.25) is 0 Å². The van der Waals surface area contributed by atoms with Crippen molar-refractivity contribution in [2.75, 3.05) is 24.6 Å². The lowest BCUT2D eigenvalue weighted by molar-refractivity contribution is 0.324. The highest BCUT2D eigenvalue weighted by Gasteiger charge is 2.13. The topological polar surface area (TPSA) is 60.0 Å². The van der Waals surface area contributed by atoms with Gasteiger partial charge in [-0.25, -0.2) is 0 Å². The number of nitrogens with zero attached hydrogens (tertiary/aromatic N) is 3. The van der Waals surface area contributed by atoms with Gasteiger partial charge in [-0.15, -0.1) is 0 Å². The fourth-order valence-corrected chi connectivity index (χ4v) is 3.06. The molecule has 0 N–H and O–H groups in total. The molecule has 150 valence electrons. The van der Waals surface area contributed by atoms with Gasteiger partial charge in [0.1, 0.15) is 30.1 Å². The van der Waals surface area contributed by atoms with Crippen molar-refractivity contribution in [2.24, 2.45) is 0 Å². The molecule has 29 heavy (non-hydrogen) atoms. The largest absolute Gasteiger partial charge is 0.492 e. The first-order valence-electron chi connectivity index (χ1n) is 9.89. The second-order valence-corrected chi connectivity index (χ2v) is 8.03. The molecule has 0 atom stereocenters. The monoisotopic (exact) mass is 387 g/mol. The summed E-state index contributed by atoms with van der Waals surface area (Å²) in [4.78, 5) is 2.25. The molecule has 0 saturated carbocycles. The fourth-order valence-electron chi connectivity index (χ4n) is 3.06. The van der Waals surface area contributed by atoms with E-state index in [0.29, 0.717) is 6.61 Å². The Hall–Kier alpha value is -3.24. The number of nitriles is 2. The number of hydrogen-bond acceptors (Lipinski definition) is 4. The summed E-state index contributed by atoms with van der Waals surface area (Å²) >= 11 is 0. The number of allylic oxidation sites excluding steroid dienone is 1. The summed E-state index contributed by atoms with van der Waals surface area (Å²) in [5.41, 5.74) is 4.56. The van der Waals surface area contributed by atoms with E-state index in [1.807, 2.05) is 43.3 Å². The van der Waals surface area contributed by atoms with Crippen molar-refractivity contribution in [2.45, 2.75) is 40.0 Å². The fraction of sp³-hybridized carbons (Fsp3) is 0.360. The summed E-state index contributed by atoms with van der Waals surface area (Å²) in [6, 6.07) is 18.2. The van der Waals surface area contributed by atoms with E-state index in [9.17, 15) is 0 Å². The summed E-state index contributed by atoms with van der Waals surface area (Å²) in [6.07, 6.45) is 1.62. The van der Waals surface area contributed by atoms with Gasteiger partial charge in [0.15, 0.2) is 0 Å². The van der Waals surface area contributed by atoms with E-state index in [-0.39, 0.29) is 11.0 Å². The summed E-state index contributed by atoms with van der Waals surface area (Å²) in [5, 5.41) is 17.9. The number of likely N-dealkylation sites (N-methyl/N-ethyl adjacent to an activating group) is 1. The molecule has 2 aromatic rings. The van der Waals surface area contributed by atoms with Crippen LogP contribution in [0.3, 0.4) is 0 Å². The summed E-state index contributed by atoms with van der Waals surface area (Å²) in [6.45, 7) is 12.9. The van der Waals surface area contributed by atoms with E-state index >= 15 is 0 Å². The van der Waals surface area contributed by atoms with Gasteiger partial charge in [0.25, 0.3) is 0 Å². The Balaban J connectivity index is 2.02. The number of rotatable bonds is 7. The highest BCUT2D eigenvalue weighted by Crippen LogP contribution is 2.25. The van der Waals surface area contributed by atoms with Crippen molar-refractivity contribution in [1.82, 2.24) is 0 Å². The summed E-state index contributed by atoms with van der Waals surface area (Å²) in [7, 11) is 0. The van der Waals surface area contributed by atoms with Crippen LogP contribution in [0.4, 0.5) is 5.69 Å². The minimum Gasteiger partial charge on any atom is -0.492 e. The number of ether oxygens (including phenoxy) is 1. The van der Waals surface area contributed by atoms with Crippen LogP contribution in [0.1, 0.15) is 44.4 Å². The molecule has 0 saturated heterocycles. The first-order valence-corrected chi connectivity index (χ1v) is 9.89. The Labute approximate surface area is 174 Å². The third-order valence-corrected chi connectivity index (χ3v) is 4.89. The highest BCUT2D eigenvalue weighted by molar-refractivity contribution is 5.66. The van der Waals surface area contributed by atoms with Gasteiger partial charge in [0.05, 0.1) is 6.54 Å².